The van der Waals surface area contributed by atoms with Crippen LogP contribution < -0.4 is 10.5 Å². The van der Waals surface area contributed by atoms with Crippen molar-refractivity contribution in [3.63, 3.8) is 0 Å². The molecule has 0 unspecified atom stereocenters. The second-order valence-corrected chi connectivity index (χ2v) is 5.41. The standard InChI is InChI=1S/C14H16BrN3O/c1-9(2)12-5-10(15)3-4-13(12)19-14-8-17-7-11(6-16)18-14/h3-5,7-9H,6,16H2,1-2H3. The van der Waals surface area contributed by atoms with E-state index in [4.69, 9.17) is 10.5 Å². The molecule has 1 aromatic heterocycles. The van der Waals surface area contributed by atoms with Gasteiger partial charge in [0.1, 0.15) is 5.75 Å². The number of hydrogen-bond donors (Lipinski definition) is 1. The fraction of sp³-hybridized carbons (Fsp3) is 0.286. The Morgan fingerprint density at radius 3 is 2.79 bits per heavy atom. The molecule has 19 heavy (non-hydrogen) atoms. The van der Waals surface area contributed by atoms with Crippen molar-refractivity contribution < 1.29 is 4.74 Å². The third kappa shape index (κ3) is 3.52. The Bertz CT molecular complexity index is 572. The summed E-state index contributed by atoms with van der Waals surface area (Å²) in [5.74, 6) is 1.62. The lowest BCUT2D eigenvalue weighted by molar-refractivity contribution is 0.449. The van der Waals surface area contributed by atoms with Crippen molar-refractivity contribution in [2.45, 2.75) is 26.3 Å². The Morgan fingerprint density at radius 2 is 2.11 bits per heavy atom. The number of halogens is 1. The fourth-order valence-electron chi connectivity index (χ4n) is 1.71. The highest BCUT2D eigenvalue weighted by molar-refractivity contribution is 9.10. The maximum absolute atomic E-state index is 5.82. The van der Waals surface area contributed by atoms with Gasteiger partial charge in [-0.2, -0.15) is 0 Å². The molecule has 2 aromatic rings. The Morgan fingerprint density at radius 1 is 1.32 bits per heavy atom. The molecule has 0 fully saturated rings. The molecule has 2 N–H and O–H groups in total. The monoisotopic (exact) mass is 321 g/mol. The Balaban J connectivity index is 2.32. The zero-order valence-corrected chi connectivity index (χ0v) is 12.5. The number of hydrogen-bond acceptors (Lipinski definition) is 4. The molecule has 0 bridgehead atoms. The molecular weight excluding hydrogens is 306 g/mol. The third-order valence-electron chi connectivity index (χ3n) is 2.68. The van der Waals surface area contributed by atoms with Crippen LogP contribution in [0.5, 0.6) is 11.6 Å². The first kappa shape index (κ1) is 14.0. The molecule has 0 saturated heterocycles. The lowest BCUT2D eigenvalue weighted by atomic mass is 10.0. The zero-order chi connectivity index (χ0) is 13.8. The summed E-state index contributed by atoms with van der Waals surface area (Å²) in [6.07, 6.45) is 3.23. The number of nitrogens with zero attached hydrogens (tertiary/aromatic N) is 2. The van der Waals surface area contributed by atoms with Gasteiger partial charge in [-0.1, -0.05) is 29.8 Å². The predicted molar refractivity (Wildman–Crippen MR) is 78.2 cm³/mol. The van der Waals surface area contributed by atoms with Crippen molar-refractivity contribution in [2.24, 2.45) is 5.73 Å². The summed E-state index contributed by atoms with van der Waals surface area (Å²) in [5.41, 5.74) is 7.37. The van der Waals surface area contributed by atoms with Crippen LogP contribution in [0.3, 0.4) is 0 Å². The van der Waals surface area contributed by atoms with Gasteiger partial charge in [0.05, 0.1) is 11.9 Å². The predicted octanol–water partition coefficient (Wildman–Crippen LogP) is 3.61. The minimum atomic E-state index is 0.349. The van der Waals surface area contributed by atoms with Crippen LogP contribution in [0.1, 0.15) is 31.0 Å². The topological polar surface area (TPSA) is 61.0 Å². The van der Waals surface area contributed by atoms with Crippen LogP contribution in [0.25, 0.3) is 0 Å². The normalized spacial score (nSPS) is 10.8. The number of ether oxygens (including phenoxy) is 1. The van der Waals surface area contributed by atoms with E-state index in [1.54, 1.807) is 12.4 Å². The maximum Gasteiger partial charge on any atom is 0.238 e. The summed E-state index contributed by atoms with van der Waals surface area (Å²) in [7, 11) is 0. The van der Waals surface area contributed by atoms with Crippen molar-refractivity contribution in [3.05, 3.63) is 46.3 Å². The van der Waals surface area contributed by atoms with Gasteiger partial charge in [-0.15, -0.1) is 0 Å². The summed E-state index contributed by atoms with van der Waals surface area (Å²) in [5, 5.41) is 0. The summed E-state index contributed by atoms with van der Waals surface area (Å²) in [6, 6.07) is 5.93. The number of rotatable bonds is 4. The number of nitrogens with two attached hydrogens (primary N) is 1. The van der Waals surface area contributed by atoms with Gasteiger partial charge in [0.15, 0.2) is 0 Å². The molecule has 1 heterocycles. The molecule has 5 heteroatoms. The zero-order valence-electron chi connectivity index (χ0n) is 10.9. The quantitative estimate of drug-likeness (QED) is 0.934. The third-order valence-corrected chi connectivity index (χ3v) is 3.17. The molecule has 0 spiro atoms. The van der Waals surface area contributed by atoms with E-state index in [1.165, 1.54) is 0 Å². The van der Waals surface area contributed by atoms with Gasteiger partial charge in [0.2, 0.25) is 5.88 Å². The molecule has 0 amide bonds. The highest BCUT2D eigenvalue weighted by Crippen LogP contribution is 2.32. The molecule has 1 aromatic carbocycles. The summed E-state index contributed by atoms with van der Waals surface area (Å²) < 4.78 is 6.85. The Kier molecular flexibility index (Phi) is 4.50. The second-order valence-electron chi connectivity index (χ2n) is 4.49. The van der Waals surface area contributed by atoms with Gasteiger partial charge in [0.25, 0.3) is 0 Å². The van der Waals surface area contributed by atoms with Crippen molar-refractivity contribution >= 4 is 15.9 Å². The van der Waals surface area contributed by atoms with Crippen LogP contribution in [-0.4, -0.2) is 9.97 Å². The Hall–Kier alpha value is -1.46. The molecule has 0 aliphatic carbocycles. The van der Waals surface area contributed by atoms with Crippen molar-refractivity contribution in [2.75, 3.05) is 0 Å². The maximum atomic E-state index is 5.82. The van der Waals surface area contributed by atoms with Crippen LogP contribution in [0.2, 0.25) is 0 Å². The molecule has 100 valence electrons. The van der Waals surface area contributed by atoms with E-state index >= 15 is 0 Å². The van der Waals surface area contributed by atoms with Crippen LogP contribution in [0.4, 0.5) is 0 Å². The summed E-state index contributed by atoms with van der Waals surface area (Å²) >= 11 is 3.47. The van der Waals surface area contributed by atoms with E-state index in [-0.39, 0.29) is 0 Å². The van der Waals surface area contributed by atoms with Gasteiger partial charge < -0.3 is 10.5 Å². The van der Waals surface area contributed by atoms with E-state index in [0.717, 1.165) is 15.8 Å². The highest BCUT2D eigenvalue weighted by atomic mass is 79.9. The lowest BCUT2D eigenvalue weighted by Gasteiger charge is -2.13. The Labute approximate surface area is 121 Å². The van der Waals surface area contributed by atoms with E-state index < -0.39 is 0 Å². The van der Waals surface area contributed by atoms with Crippen molar-refractivity contribution in [3.8, 4) is 11.6 Å². The van der Waals surface area contributed by atoms with Gasteiger partial charge in [-0.25, -0.2) is 4.98 Å². The van der Waals surface area contributed by atoms with Gasteiger partial charge in [-0.05, 0) is 29.7 Å². The molecule has 0 radical (unpaired) electrons. The first-order chi connectivity index (χ1) is 9.10. The number of benzene rings is 1. The van der Waals surface area contributed by atoms with Crippen LogP contribution in [0.15, 0.2) is 35.1 Å². The summed E-state index contributed by atoms with van der Waals surface area (Å²) in [6.45, 7) is 4.59. The highest BCUT2D eigenvalue weighted by Gasteiger charge is 2.10. The largest absolute Gasteiger partial charge is 0.437 e. The second kappa shape index (κ2) is 6.12. The van der Waals surface area contributed by atoms with E-state index in [9.17, 15) is 0 Å². The minimum absolute atomic E-state index is 0.349. The molecule has 2 rings (SSSR count). The van der Waals surface area contributed by atoms with E-state index in [1.807, 2.05) is 12.1 Å². The number of aromatic nitrogens is 2. The van der Waals surface area contributed by atoms with Gasteiger partial charge in [0, 0.05) is 17.2 Å². The smallest absolute Gasteiger partial charge is 0.238 e. The van der Waals surface area contributed by atoms with Gasteiger partial charge in [-0.3, -0.25) is 4.98 Å². The SMILES string of the molecule is CC(C)c1cc(Br)ccc1Oc1cncc(CN)n1. The molecule has 0 aliphatic heterocycles. The van der Waals surface area contributed by atoms with Crippen molar-refractivity contribution in [1.29, 1.82) is 0 Å². The first-order valence-corrected chi connectivity index (χ1v) is 6.87. The average Bonchev–Trinajstić information content (AvgIpc) is 2.41. The molecule has 0 aliphatic rings. The van der Waals surface area contributed by atoms with Crippen LogP contribution >= 0.6 is 15.9 Å². The lowest BCUT2D eigenvalue weighted by Crippen LogP contribution is -2.02. The molecule has 4 nitrogen and oxygen atoms in total. The van der Waals surface area contributed by atoms with Crippen LogP contribution in [0, 0.1) is 0 Å². The average molecular weight is 322 g/mol. The molecule has 0 saturated carbocycles. The van der Waals surface area contributed by atoms with E-state index in [0.29, 0.717) is 24.0 Å². The van der Waals surface area contributed by atoms with Crippen LogP contribution in [-0.2, 0) is 6.54 Å². The van der Waals surface area contributed by atoms with Crippen molar-refractivity contribution in [1.82, 2.24) is 9.97 Å². The minimum Gasteiger partial charge on any atom is -0.437 e. The first-order valence-electron chi connectivity index (χ1n) is 6.08. The summed E-state index contributed by atoms with van der Waals surface area (Å²) in [4.78, 5) is 8.35. The van der Waals surface area contributed by atoms with E-state index in [2.05, 4.69) is 45.8 Å². The fourth-order valence-corrected chi connectivity index (χ4v) is 2.09. The molecular formula is C14H16BrN3O. The molecule has 0 atom stereocenters. The van der Waals surface area contributed by atoms with Gasteiger partial charge >= 0.3 is 0 Å².